The number of nitrogens with one attached hydrogen (secondary N) is 1. The van der Waals surface area contributed by atoms with Crippen LogP contribution in [0, 0.1) is 18.6 Å². The SMILES string of the molecule is Cc1cc(F)c(-c2[nH]ncc2C=O)cc1F. The van der Waals surface area contributed by atoms with Crippen LogP contribution < -0.4 is 0 Å². The lowest BCUT2D eigenvalue weighted by molar-refractivity contribution is 0.112. The van der Waals surface area contributed by atoms with Gasteiger partial charge in [0, 0.05) is 5.56 Å². The molecular weight excluding hydrogens is 214 g/mol. The number of aromatic nitrogens is 2. The monoisotopic (exact) mass is 222 g/mol. The second-order valence-corrected chi connectivity index (χ2v) is 3.40. The number of nitrogens with zero attached hydrogens (tertiary/aromatic N) is 1. The van der Waals surface area contributed by atoms with E-state index in [-0.39, 0.29) is 22.4 Å². The van der Waals surface area contributed by atoms with E-state index in [2.05, 4.69) is 10.2 Å². The predicted octanol–water partition coefficient (Wildman–Crippen LogP) is 2.48. The van der Waals surface area contributed by atoms with Crippen LogP contribution in [-0.2, 0) is 0 Å². The molecule has 2 aromatic rings. The fourth-order valence-corrected chi connectivity index (χ4v) is 1.44. The summed E-state index contributed by atoms with van der Waals surface area (Å²) in [5.74, 6) is -1.12. The number of hydrogen-bond acceptors (Lipinski definition) is 2. The van der Waals surface area contributed by atoms with Crippen LogP contribution in [0.4, 0.5) is 8.78 Å². The van der Waals surface area contributed by atoms with Gasteiger partial charge in [0.05, 0.1) is 17.5 Å². The number of rotatable bonds is 2. The zero-order chi connectivity index (χ0) is 11.7. The third-order valence-electron chi connectivity index (χ3n) is 2.31. The summed E-state index contributed by atoms with van der Waals surface area (Å²) >= 11 is 0. The zero-order valence-corrected chi connectivity index (χ0v) is 8.42. The highest BCUT2D eigenvalue weighted by atomic mass is 19.1. The van der Waals surface area contributed by atoms with Crippen LogP contribution in [0.1, 0.15) is 15.9 Å². The average Bonchev–Trinajstić information content (AvgIpc) is 2.71. The van der Waals surface area contributed by atoms with Gasteiger partial charge in [0.15, 0.2) is 6.29 Å². The van der Waals surface area contributed by atoms with Crippen LogP contribution >= 0.6 is 0 Å². The fraction of sp³-hybridized carbons (Fsp3) is 0.0909. The first-order valence-electron chi connectivity index (χ1n) is 4.58. The van der Waals surface area contributed by atoms with Crippen molar-refractivity contribution < 1.29 is 13.6 Å². The third-order valence-corrected chi connectivity index (χ3v) is 2.31. The summed E-state index contributed by atoms with van der Waals surface area (Å²) < 4.78 is 26.9. The standard InChI is InChI=1S/C11H8F2N2O/c1-6-2-10(13)8(3-9(6)12)11-7(5-16)4-14-15-11/h2-5H,1H3,(H,14,15). The van der Waals surface area contributed by atoms with E-state index in [1.807, 2.05) is 0 Å². The van der Waals surface area contributed by atoms with Gasteiger partial charge in [-0.3, -0.25) is 9.89 Å². The van der Waals surface area contributed by atoms with Crippen LogP contribution in [0.3, 0.4) is 0 Å². The number of H-pyrrole nitrogens is 1. The molecule has 16 heavy (non-hydrogen) atoms. The van der Waals surface area contributed by atoms with Gasteiger partial charge in [-0.1, -0.05) is 0 Å². The van der Waals surface area contributed by atoms with Gasteiger partial charge < -0.3 is 0 Å². The minimum absolute atomic E-state index is 0.00250. The van der Waals surface area contributed by atoms with E-state index in [1.54, 1.807) is 0 Å². The molecule has 1 aromatic heterocycles. The van der Waals surface area contributed by atoms with Crippen LogP contribution in [0.5, 0.6) is 0 Å². The highest BCUT2D eigenvalue weighted by molar-refractivity contribution is 5.85. The first-order chi connectivity index (χ1) is 7.63. The van der Waals surface area contributed by atoms with Crippen LogP contribution in [0.25, 0.3) is 11.3 Å². The highest BCUT2D eigenvalue weighted by Crippen LogP contribution is 2.25. The molecular formula is C11H8F2N2O. The third kappa shape index (κ3) is 1.60. The van der Waals surface area contributed by atoms with Crippen molar-refractivity contribution >= 4 is 6.29 Å². The molecule has 0 aliphatic heterocycles. The lowest BCUT2D eigenvalue weighted by Gasteiger charge is -2.04. The summed E-state index contributed by atoms with van der Waals surface area (Å²) in [6.07, 6.45) is 1.80. The molecule has 0 unspecified atom stereocenters. The summed E-state index contributed by atoms with van der Waals surface area (Å²) in [6, 6.07) is 2.13. The van der Waals surface area contributed by atoms with Crippen molar-refractivity contribution in [3.8, 4) is 11.3 Å². The van der Waals surface area contributed by atoms with E-state index in [1.165, 1.54) is 13.1 Å². The Labute approximate surface area is 90.1 Å². The molecule has 0 amide bonds. The molecule has 0 saturated heterocycles. The Kier molecular flexibility index (Phi) is 2.52. The van der Waals surface area contributed by atoms with E-state index in [9.17, 15) is 13.6 Å². The fourth-order valence-electron chi connectivity index (χ4n) is 1.44. The molecule has 1 aromatic carbocycles. The van der Waals surface area contributed by atoms with Crippen LogP contribution in [0.15, 0.2) is 18.3 Å². The van der Waals surface area contributed by atoms with E-state index in [0.29, 0.717) is 6.29 Å². The molecule has 1 N–H and O–H groups in total. The Morgan fingerprint density at radius 1 is 1.31 bits per heavy atom. The second-order valence-electron chi connectivity index (χ2n) is 3.40. The topological polar surface area (TPSA) is 45.8 Å². The van der Waals surface area contributed by atoms with Gasteiger partial charge in [-0.05, 0) is 24.6 Å². The van der Waals surface area contributed by atoms with Crippen molar-refractivity contribution in [1.82, 2.24) is 10.2 Å². The molecule has 0 aliphatic carbocycles. The largest absolute Gasteiger partial charge is 0.298 e. The number of halogens is 2. The van der Waals surface area contributed by atoms with Gasteiger partial charge in [0.2, 0.25) is 0 Å². The smallest absolute Gasteiger partial charge is 0.153 e. The van der Waals surface area contributed by atoms with Crippen molar-refractivity contribution in [3.05, 3.63) is 41.1 Å². The van der Waals surface area contributed by atoms with E-state index >= 15 is 0 Å². The van der Waals surface area contributed by atoms with E-state index in [0.717, 1.165) is 12.1 Å². The summed E-state index contributed by atoms with van der Waals surface area (Å²) in [5.41, 5.74) is 0.602. The molecule has 0 bridgehead atoms. The second kappa shape index (κ2) is 3.84. The maximum absolute atomic E-state index is 13.6. The molecule has 5 heteroatoms. The Balaban J connectivity index is 2.64. The summed E-state index contributed by atoms with van der Waals surface area (Å²) in [5, 5.41) is 6.09. The Bertz CT molecular complexity index is 549. The maximum atomic E-state index is 13.6. The molecule has 0 saturated carbocycles. The van der Waals surface area contributed by atoms with E-state index < -0.39 is 11.6 Å². The lowest BCUT2D eigenvalue weighted by Crippen LogP contribution is -1.93. The Morgan fingerprint density at radius 2 is 2.06 bits per heavy atom. The molecule has 0 atom stereocenters. The van der Waals surface area contributed by atoms with Gasteiger partial charge in [-0.25, -0.2) is 8.78 Å². The quantitative estimate of drug-likeness (QED) is 0.793. The van der Waals surface area contributed by atoms with Crippen molar-refractivity contribution in [2.75, 3.05) is 0 Å². The molecule has 3 nitrogen and oxygen atoms in total. The minimum atomic E-state index is -0.591. The van der Waals surface area contributed by atoms with E-state index in [4.69, 9.17) is 0 Å². The molecule has 0 aliphatic rings. The number of hydrogen-bond donors (Lipinski definition) is 1. The van der Waals surface area contributed by atoms with Crippen molar-refractivity contribution in [2.24, 2.45) is 0 Å². The summed E-state index contributed by atoms with van der Waals surface area (Å²) in [4.78, 5) is 10.6. The normalized spacial score (nSPS) is 10.4. The summed E-state index contributed by atoms with van der Waals surface area (Å²) in [7, 11) is 0. The zero-order valence-electron chi connectivity index (χ0n) is 8.42. The predicted molar refractivity (Wildman–Crippen MR) is 54.1 cm³/mol. The number of carbonyl (C=O) groups excluding carboxylic acids is 1. The van der Waals surface area contributed by atoms with Gasteiger partial charge in [-0.15, -0.1) is 0 Å². The summed E-state index contributed by atoms with van der Waals surface area (Å²) in [6.45, 7) is 1.47. The molecule has 82 valence electrons. The van der Waals surface area contributed by atoms with Crippen LogP contribution in [0.2, 0.25) is 0 Å². The molecule has 0 spiro atoms. The van der Waals surface area contributed by atoms with Gasteiger partial charge >= 0.3 is 0 Å². The molecule has 0 radical (unpaired) electrons. The number of benzene rings is 1. The van der Waals surface area contributed by atoms with Crippen LogP contribution in [-0.4, -0.2) is 16.5 Å². The van der Waals surface area contributed by atoms with Crippen molar-refractivity contribution in [2.45, 2.75) is 6.92 Å². The first kappa shape index (κ1) is 10.5. The molecule has 0 fully saturated rings. The minimum Gasteiger partial charge on any atom is -0.298 e. The highest BCUT2D eigenvalue weighted by Gasteiger charge is 2.14. The van der Waals surface area contributed by atoms with Gasteiger partial charge in [-0.2, -0.15) is 5.10 Å². The lowest BCUT2D eigenvalue weighted by atomic mass is 10.1. The number of aldehydes is 1. The first-order valence-corrected chi connectivity index (χ1v) is 4.58. The van der Waals surface area contributed by atoms with Gasteiger partial charge in [0.25, 0.3) is 0 Å². The van der Waals surface area contributed by atoms with Crippen molar-refractivity contribution in [3.63, 3.8) is 0 Å². The Morgan fingerprint density at radius 3 is 2.75 bits per heavy atom. The molecule has 2 rings (SSSR count). The number of carbonyl (C=O) groups is 1. The average molecular weight is 222 g/mol. The van der Waals surface area contributed by atoms with Crippen molar-refractivity contribution in [1.29, 1.82) is 0 Å². The number of aromatic amines is 1. The molecule has 1 heterocycles. The van der Waals surface area contributed by atoms with Gasteiger partial charge in [0.1, 0.15) is 11.6 Å². The maximum Gasteiger partial charge on any atom is 0.153 e. The Hall–Kier alpha value is -2.04. The number of aryl methyl sites for hydroxylation is 1.